The molecule has 17 heavy (non-hydrogen) atoms. The molecule has 1 saturated heterocycles. The van der Waals surface area contributed by atoms with Gasteiger partial charge in [-0.3, -0.25) is 0 Å². The molecule has 1 aliphatic rings. The van der Waals surface area contributed by atoms with E-state index in [1.165, 1.54) is 29.7 Å². The van der Waals surface area contributed by atoms with Crippen molar-refractivity contribution in [2.45, 2.75) is 44.4 Å². The Morgan fingerprint density at radius 1 is 1.29 bits per heavy atom. The molecule has 0 aromatic heterocycles. The highest BCUT2D eigenvalue weighted by Gasteiger charge is 2.25. The van der Waals surface area contributed by atoms with Gasteiger partial charge >= 0.3 is 0 Å². The second-order valence-electron chi connectivity index (χ2n) is 4.68. The fraction of sp³-hybridized carbons (Fsp3) is 0.600. The molecule has 2 unspecified atom stereocenters. The van der Waals surface area contributed by atoms with Crippen LogP contribution in [0.1, 0.15) is 43.9 Å². The first kappa shape index (κ1) is 13.0. The smallest absolute Gasteiger partial charge is 0.0440 e. The molecule has 2 rings (SSSR count). The molecule has 0 aliphatic carbocycles. The normalized spacial score (nSPS) is 21.6. The highest BCUT2D eigenvalue weighted by Crippen LogP contribution is 2.36. The van der Waals surface area contributed by atoms with Gasteiger partial charge < -0.3 is 5.32 Å². The Morgan fingerprint density at radius 3 is 2.59 bits per heavy atom. The Bertz CT molecular complexity index is 327. The van der Waals surface area contributed by atoms with E-state index in [0.717, 1.165) is 18.2 Å². The Labute approximate surface area is 109 Å². The molecule has 0 amide bonds. The third kappa shape index (κ3) is 3.26. The van der Waals surface area contributed by atoms with E-state index < -0.39 is 0 Å². The lowest BCUT2D eigenvalue weighted by atomic mass is 9.99. The van der Waals surface area contributed by atoms with Gasteiger partial charge in [0, 0.05) is 11.3 Å². The number of hydrogen-bond acceptors (Lipinski definition) is 2. The molecule has 94 valence electrons. The molecular formula is C15H23NS. The summed E-state index contributed by atoms with van der Waals surface area (Å²) >= 11 is 2.13. The van der Waals surface area contributed by atoms with Crippen molar-refractivity contribution in [2.24, 2.45) is 0 Å². The van der Waals surface area contributed by atoms with Crippen LogP contribution in [-0.2, 0) is 6.42 Å². The van der Waals surface area contributed by atoms with E-state index in [1.54, 1.807) is 0 Å². The van der Waals surface area contributed by atoms with Gasteiger partial charge in [0.2, 0.25) is 0 Å². The number of aryl methyl sites for hydroxylation is 1. The van der Waals surface area contributed by atoms with E-state index >= 15 is 0 Å². The number of thioether (sulfide) groups is 1. The molecule has 0 bridgehead atoms. The first-order chi connectivity index (χ1) is 8.35. The zero-order valence-electron chi connectivity index (χ0n) is 10.9. The van der Waals surface area contributed by atoms with E-state index in [-0.39, 0.29) is 0 Å². The molecule has 1 aliphatic heterocycles. The number of rotatable bonds is 5. The molecule has 2 atom stereocenters. The molecule has 1 N–H and O–H groups in total. The molecule has 1 heterocycles. The van der Waals surface area contributed by atoms with Crippen molar-refractivity contribution in [3.63, 3.8) is 0 Å². The maximum absolute atomic E-state index is 3.66. The Balaban J connectivity index is 2.12. The van der Waals surface area contributed by atoms with E-state index in [0.29, 0.717) is 6.04 Å². The second kappa shape index (κ2) is 6.46. The minimum absolute atomic E-state index is 0.540. The van der Waals surface area contributed by atoms with Crippen LogP contribution >= 0.6 is 11.8 Å². The quantitative estimate of drug-likeness (QED) is 0.852. The summed E-state index contributed by atoms with van der Waals surface area (Å²) < 4.78 is 0. The summed E-state index contributed by atoms with van der Waals surface area (Å²) in [6, 6.07) is 9.72. The first-order valence-corrected chi connectivity index (χ1v) is 7.83. The van der Waals surface area contributed by atoms with Crippen molar-refractivity contribution in [2.75, 3.05) is 12.3 Å². The zero-order chi connectivity index (χ0) is 12.1. The van der Waals surface area contributed by atoms with Gasteiger partial charge in [-0.15, -0.1) is 0 Å². The SMILES string of the molecule is CCNC(c1ccc(CC)cc1)C1CCCS1. The summed E-state index contributed by atoms with van der Waals surface area (Å²) in [7, 11) is 0. The van der Waals surface area contributed by atoms with E-state index in [9.17, 15) is 0 Å². The predicted octanol–water partition coefficient (Wildman–Crippen LogP) is 3.80. The molecule has 2 heteroatoms. The Morgan fingerprint density at radius 2 is 2.06 bits per heavy atom. The van der Waals surface area contributed by atoms with Crippen molar-refractivity contribution < 1.29 is 0 Å². The van der Waals surface area contributed by atoms with Gasteiger partial charge in [0.05, 0.1) is 0 Å². The molecule has 0 radical (unpaired) electrons. The number of benzene rings is 1. The summed E-state index contributed by atoms with van der Waals surface area (Å²) in [6.07, 6.45) is 3.87. The van der Waals surface area contributed by atoms with Crippen molar-refractivity contribution in [3.05, 3.63) is 35.4 Å². The summed E-state index contributed by atoms with van der Waals surface area (Å²) in [5, 5.41) is 4.42. The fourth-order valence-electron chi connectivity index (χ4n) is 2.51. The minimum atomic E-state index is 0.540. The average molecular weight is 249 g/mol. The average Bonchev–Trinajstić information content (AvgIpc) is 2.90. The molecule has 1 nitrogen and oxygen atoms in total. The van der Waals surface area contributed by atoms with Gasteiger partial charge in [0.25, 0.3) is 0 Å². The summed E-state index contributed by atoms with van der Waals surface area (Å²) in [6.45, 7) is 5.47. The Hall–Kier alpha value is -0.470. The van der Waals surface area contributed by atoms with Gasteiger partial charge in [0.15, 0.2) is 0 Å². The maximum Gasteiger partial charge on any atom is 0.0440 e. The molecule has 1 fully saturated rings. The van der Waals surface area contributed by atoms with Crippen LogP contribution in [0.15, 0.2) is 24.3 Å². The van der Waals surface area contributed by atoms with Crippen LogP contribution in [0.25, 0.3) is 0 Å². The molecule has 1 aromatic rings. The van der Waals surface area contributed by atoms with Gasteiger partial charge in [-0.05, 0) is 42.7 Å². The van der Waals surface area contributed by atoms with Crippen molar-refractivity contribution in [3.8, 4) is 0 Å². The summed E-state index contributed by atoms with van der Waals surface area (Å²) in [5.74, 6) is 1.33. The highest BCUT2D eigenvalue weighted by atomic mass is 32.2. The molecular weight excluding hydrogens is 226 g/mol. The van der Waals surface area contributed by atoms with Crippen LogP contribution in [-0.4, -0.2) is 17.5 Å². The van der Waals surface area contributed by atoms with Crippen LogP contribution in [0.2, 0.25) is 0 Å². The molecule has 0 saturated carbocycles. The van der Waals surface area contributed by atoms with Crippen molar-refractivity contribution >= 4 is 11.8 Å². The standard InChI is InChI=1S/C15H23NS/c1-3-12-7-9-13(10-8-12)15(16-4-2)14-6-5-11-17-14/h7-10,14-16H,3-6,11H2,1-2H3. The maximum atomic E-state index is 3.66. The molecule has 1 aromatic carbocycles. The van der Waals surface area contributed by atoms with Crippen LogP contribution in [0.4, 0.5) is 0 Å². The van der Waals surface area contributed by atoms with Gasteiger partial charge in [-0.2, -0.15) is 11.8 Å². The molecule has 0 spiro atoms. The second-order valence-corrected chi connectivity index (χ2v) is 6.03. The highest BCUT2D eigenvalue weighted by molar-refractivity contribution is 8.00. The zero-order valence-corrected chi connectivity index (χ0v) is 11.7. The van der Waals surface area contributed by atoms with E-state index in [2.05, 4.69) is 55.2 Å². The summed E-state index contributed by atoms with van der Waals surface area (Å²) in [5.41, 5.74) is 2.89. The third-order valence-corrected chi connectivity index (χ3v) is 4.97. The monoisotopic (exact) mass is 249 g/mol. The van der Waals surface area contributed by atoms with Crippen molar-refractivity contribution in [1.82, 2.24) is 5.32 Å². The van der Waals surface area contributed by atoms with E-state index in [4.69, 9.17) is 0 Å². The predicted molar refractivity (Wildman–Crippen MR) is 77.7 cm³/mol. The lowest BCUT2D eigenvalue weighted by Gasteiger charge is -2.24. The third-order valence-electron chi connectivity index (χ3n) is 3.51. The summed E-state index contributed by atoms with van der Waals surface area (Å²) in [4.78, 5) is 0. The van der Waals surface area contributed by atoms with Crippen molar-refractivity contribution in [1.29, 1.82) is 0 Å². The van der Waals surface area contributed by atoms with Gasteiger partial charge in [-0.1, -0.05) is 38.1 Å². The lowest BCUT2D eigenvalue weighted by Crippen LogP contribution is -2.28. The van der Waals surface area contributed by atoms with Gasteiger partial charge in [0.1, 0.15) is 0 Å². The topological polar surface area (TPSA) is 12.0 Å². The minimum Gasteiger partial charge on any atom is -0.309 e. The number of nitrogens with one attached hydrogen (secondary N) is 1. The Kier molecular flexibility index (Phi) is 4.93. The fourth-order valence-corrected chi connectivity index (χ4v) is 3.93. The van der Waals surface area contributed by atoms with Crippen LogP contribution < -0.4 is 5.32 Å². The first-order valence-electron chi connectivity index (χ1n) is 6.79. The van der Waals surface area contributed by atoms with Crippen LogP contribution in [0.5, 0.6) is 0 Å². The number of hydrogen-bond donors (Lipinski definition) is 1. The van der Waals surface area contributed by atoms with E-state index in [1.807, 2.05) is 0 Å². The lowest BCUT2D eigenvalue weighted by molar-refractivity contribution is 0.519. The van der Waals surface area contributed by atoms with Crippen LogP contribution in [0.3, 0.4) is 0 Å². The van der Waals surface area contributed by atoms with Gasteiger partial charge in [-0.25, -0.2) is 0 Å². The largest absolute Gasteiger partial charge is 0.309 e. The van der Waals surface area contributed by atoms with Crippen LogP contribution in [0, 0.1) is 0 Å².